The number of anilines is 6. The third-order valence-electron chi connectivity index (χ3n) is 13.0. The summed E-state index contributed by atoms with van der Waals surface area (Å²) in [6.45, 7) is 9.77. The van der Waals surface area contributed by atoms with Crippen molar-refractivity contribution in [1.82, 2.24) is 0 Å². The number of para-hydroxylation sites is 4. The second kappa shape index (κ2) is 12.8. The number of rotatable bonds is 6. The minimum atomic E-state index is -0.286. The van der Waals surface area contributed by atoms with Crippen molar-refractivity contribution in [2.45, 2.75) is 38.5 Å². The molecule has 0 bridgehead atoms. The Kier molecular flexibility index (Phi) is 7.59. The summed E-state index contributed by atoms with van der Waals surface area (Å²) in [6.07, 6.45) is 0. The van der Waals surface area contributed by atoms with Crippen LogP contribution >= 0.6 is 0 Å². The van der Waals surface area contributed by atoms with Gasteiger partial charge >= 0.3 is 0 Å². The van der Waals surface area contributed by atoms with Crippen LogP contribution in [0, 0.1) is 0 Å². The van der Waals surface area contributed by atoms with Crippen molar-refractivity contribution in [3.05, 3.63) is 216 Å². The van der Waals surface area contributed by atoms with Crippen molar-refractivity contribution >= 4 is 55.7 Å². The largest absolute Gasteiger partial charge is 0.310 e. The predicted molar refractivity (Wildman–Crippen MR) is 246 cm³/mol. The van der Waals surface area contributed by atoms with E-state index >= 15 is 0 Å². The molecule has 2 aliphatic carbocycles. The topological polar surface area (TPSA) is 6.48 Å². The number of fused-ring (bicyclic) bond motifs is 11. The summed E-state index contributed by atoms with van der Waals surface area (Å²) in [7, 11) is 0. The van der Waals surface area contributed by atoms with Gasteiger partial charge in [-0.25, -0.2) is 0 Å². The molecule has 0 N–H and O–H groups in total. The predicted octanol–water partition coefficient (Wildman–Crippen LogP) is 15.5. The third-order valence-corrected chi connectivity index (χ3v) is 13.0. The van der Waals surface area contributed by atoms with Crippen LogP contribution in [-0.4, -0.2) is 0 Å². The Balaban J connectivity index is 1.19. The molecule has 0 saturated carbocycles. The monoisotopic (exact) mass is 744 g/mol. The summed E-state index contributed by atoms with van der Waals surface area (Å²) >= 11 is 0. The smallest absolute Gasteiger partial charge is 0.0543 e. The fraction of sp³-hybridized carbons (Fsp3) is 0.107. The van der Waals surface area contributed by atoms with Gasteiger partial charge in [0.2, 0.25) is 0 Å². The molecule has 9 aromatic rings. The first-order chi connectivity index (χ1) is 28.3. The SMILES string of the molecule is CC1(C)c2ccc3c(c2-c2c1cc(N(c1ccccc1)c1ccccc1)c1ccccc21)C(C)(C)c1cc(N(c2ccccc2)c2ccccc2)c2ccccc2c1-3. The van der Waals surface area contributed by atoms with Gasteiger partial charge in [0.25, 0.3) is 0 Å². The van der Waals surface area contributed by atoms with Gasteiger partial charge in [-0.1, -0.05) is 161 Å². The first-order valence-electron chi connectivity index (χ1n) is 20.5. The van der Waals surface area contributed by atoms with E-state index in [0.717, 1.165) is 22.7 Å². The summed E-state index contributed by atoms with van der Waals surface area (Å²) in [5.74, 6) is 0. The summed E-state index contributed by atoms with van der Waals surface area (Å²) in [5.41, 5.74) is 17.5. The molecule has 0 saturated heterocycles. The van der Waals surface area contributed by atoms with Crippen LogP contribution < -0.4 is 9.80 Å². The number of hydrogen-bond acceptors (Lipinski definition) is 2. The van der Waals surface area contributed by atoms with Crippen LogP contribution in [0.15, 0.2) is 194 Å². The molecule has 0 amide bonds. The maximum atomic E-state index is 2.50. The lowest BCUT2D eigenvalue weighted by atomic mass is 9.77. The van der Waals surface area contributed by atoms with Gasteiger partial charge in [0.15, 0.2) is 0 Å². The number of benzene rings is 9. The number of nitrogens with zero attached hydrogens (tertiary/aromatic N) is 2. The molecular formula is C56H44N2. The van der Waals surface area contributed by atoms with Gasteiger partial charge in [0.05, 0.1) is 11.4 Å². The molecule has 0 heterocycles. The van der Waals surface area contributed by atoms with Crippen LogP contribution in [0.4, 0.5) is 34.1 Å². The molecular weight excluding hydrogens is 701 g/mol. The molecule has 2 heteroatoms. The second-order valence-electron chi connectivity index (χ2n) is 16.9. The Bertz CT molecular complexity index is 2960. The Morgan fingerprint density at radius 2 is 0.672 bits per heavy atom. The van der Waals surface area contributed by atoms with Crippen LogP contribution in [-0.2, 0) is 10.8 Å². The van der Waals surface area contributed by atoms with E-state index < -0.39 is 0 Å². The zero-order chi connectivity index (χ0) is 39.2. The third kappa shape index (κ3) is 4.91. The van der Waals surface area contributed by atoms with Gasteiger partial charge in [-0.2, -0.15) is 0 Å². The molecule has 0 unspecified atom stereocenters. The zero-order valence-corrected chi connectivity index (χ0v) is 33.4. The summed E-state index contributed by atoms with van der Waals surface area (Å²) < 4.78 is 0. The standard InChI is InChI=1S/C56H44N2/c1-55(2)46-34-33-45-51-43-31-19-17-29-41(43)49(57(37-21-9-5-10-22-37)38-23-11-6-12-24-38)35-47(51)56(3,4)54(45)53(46)52-44-32-20-18-30-42(44)50(36-48(52)55)58(39-25-13-7-14-26-39)40-27-15-8-16-28-40/h5-36H,1-4H3. The van der Waals surface area contributed by atoms with E-state index in [2.05, 4.69) is 232 Å². The first-order valence-corrected chi connectivity index (χ1v) is 20.5. The quantitative estimate of drug-likeness (QED) is 0.167. The molecule has 2 nitrogen and oxygen atoms in total. The van der Waals surface area contributed by atoms with Gasteiger partial charge < -0.3 is 9.80 Å². The molecule has 0 spiro atoms. The molecule has 0 aliphatic heterocycles. The van der Waals surface area contributed by atoms with Crippen LogP contribution in [0.1, 0.15) is 49.9 Å². The van der Waals surface area contributed by atoms with Crippen LogP contribution in [0.3, 0.4) is 0 Å². The van der Waals surface area contributed by atoms with Gasteiger partial charge in [-0.15, -0.1) is 0 Å². The molecule has 0 radical (unpaired) electrons. The minimum absolute atomic E-state index is 0.229. The van der Waals surface area contributed by atoms with Crippen molar-refractivity contribution in [3.8, 4) is 22.3 Å². The van der Waals surface area contributed by atoms with E-state index in [1.165, 1.54) is 77.4 Å². The van der Waals surface area contributed by atoms with Crippen molar-refractivity contribution in [3.63, 3.8) is 0 Å². The maximum absolute atomic E-state index is 2.50. The van der Waals surface area contributed by atoms with Crippen LogP contribution in [0.2, 0.25) is 0 Å². The molecule has 11 rings (SSSR count). The molecule has 0 fully saturated rings. The lowest BCUT2D eigenvalue weighted by Crippen LogP contribution is -2.19. The summed E-state index contributed by atoms with van der Waals surface area (Å²) in [4.78, 5) is 4.87. The Hall–Kier alpha value is -6.90. The van der Waals surface area contributed by atoms with Crippen LogP contribution in [0.25, 0.3) is 43.8 Å². The van der Waals surface area contributed by atoms with Crippen LogP contribution in [0.5, 0.6) is 0 Å². The van der Waals surface area contributed by atoms with Crippen molar-refractivity contribution in [2.75, 3.05) is 9.80 Å². The average molecular weight is 745 g/mol. The first kappa shape index (κ1) is 34.4. The molecule has 0 atom stereocenters. The Morgan fingerprint density at radius 1 is 0.310 bits per heavy atom. The highest BCUT2D eigenvalue weighted by molar-refractivity contribution is 6.15. The molecule has 0 aromatic heterocycles. The second-order valence-corrected chi connectivity index (χ2v) is 16.9. The van der Waals surface area contributed by atoms with Gasteiger partial charge in [0, 0.05) is 44.4 Å². The van der Waals surface area contributed by atoms with Gasteiger partial charge in [-0.05, 0) is 116 Å². The minimum Gasteiger partial charge on any atom is -0.310 e. The van der Waals surface area contributed by atoms with Crippen molar-refractivity contribution in [1.29, 1.82) is 0 Å². The average Bonchev–Trinajstić information content (AvgIpc) is 3.64. The zero-order valence-electron chi connectivity index (χ0n) is 33.4. The van der Waals surface area contributed by atoms with E-state index in [-0.39, 0.29) is 10.8 Å². The van der Waals surface area contributed by atoms with Gasteiger partial charge in [-0.3, -0.25) is 0 Å². The highest BCUT2D eigenvalue weighted by Gasteiger charge is 2.46. The lowest BCUT2D eigenvalue weighted by molar-refractivity contribution is 0.648. The maximum Gasteiger partial charge on any atom is 0.0543 e. The molecule has 278 valence electrons. The highest BCUT2D eigenvalue weighted by atomic mass is 15.1. The Morgan fingerprint density at radius 3 is 1.10 bits per heavy atom. The van der Waals surface area contributed by atoms with E-state index in [4.69, 9.17) is 0 Å². The van der Waals surface area contributed by atoms with E-state index in [9.17, 15) is 0 Å². The fourth-order valence-corrected chi connectivity index (χ4v) is 10.3. The fourth-order valence-electron chi connectivity index (χ4n) is 10.3. The normalized spacial score (nSPS) is 14.1. The van der Waals surface area contributed by atoms with E-state index in [1.807, 2.05) is 0 Å². The summed E-state index contributed by atoms with van der Waals surface area (Å²) in [6, 6.07) is 71.3. The molecule has 9 aromatic carbocycles. The Labute approximate surface area is 341 Å². The lowest BCUT2D eigenvalue weighted by Gasteiger charge is -2.30. The molecule has 58 heavy (non-hydrogen) atoms. The van der Waals surface area contributed by atoms with E-state index in [1.54, 1.807) is 0 Å². The number of hydrogen-bond donors (Lipinski definition) is 0. The van der Waals surface area contributed by atoms with E-state index in [0.29, 0.717) is 0 Å². The van der Waals surface area contributed by atoms with Gasteiger partial charge in [0.1, 0.15) is 0 Å². The molecule has 2 aliphatic rings. The van der Waals surface area contributed by atoms with Crippen molar-refractivity contribution < 1.29 is 0 Å². The van der Waals surface area contributed by atoms with Crippen molar-refractivity contribution in [2.24, 2.45) is 0 Å². The highest BCUT2D eigenvalue weighted by Crippen LogP contribution is 2.63. The summed E-state index contributed by atoms with van der Waals surface area (Å²) in [5, 5.41) is 5.08.